The molecule has 0 unspecified atom stereocenters. The number of likely N-dealkylation sites (tertiary alicyclic amines) is 1. The summed E-state index contributed by atoms with van der Waals surface area (Å²) < 4.78 is 10.6. The lowest BCUT2D eigenvalue weighted by atomic mass is 9.90. The number of hydrogen-bond donors (Lipinski definition) is 1. The maximum absolute atomic E-state index is 12.3. The topological polar surface area (TPSA) is 76.1 Å². The van der Waals surface area contributed by atoms with Crippen LogP contribution in [0, 0.1) is 5.92 Å². The van der Waals surface area contributed by atoms with Crippen molar-refractivity contribution in [1.29, 1.82) is 0 Å². The molecule has 126 valence electrons. The van der Waals surface area contributed by atoms with E-state index in [1.807, 2.05) is 0 Å². The van der Waals surface area contributed by atoms with Gasteiger partial charge in [-0.05, 0) is 44.0 Å². The molecule has 1 fully saturated rings. The maximum Gasteiger partial charge on any atom is 0.308 e. The molecule has 0 aromatic heterocycles. The average Bonchev–Trinajstić information content (AvgIpc) is 2.55. The van der Waals surface area contributed by atoms with E-state index in [2.05, 4.69) is 0 Å². The molecule has 6 nitrogen and oxygen atoms in total. The standard InChI is InChI=1S/C17H23NO5/c1-12-15(17(20)21)4-3-10-18(12)16(19)9-11-23-14-7-5-13(22-2)6-8-14/h5-8,12,15H,3-4,9-11H2,1-2H3,(H,20,21)/t12-,15-/m0/s1. The van der Waals surface area contributed by atoms with E-state index in [0.717, 1.165) is 12.2 Å². The molecule has 2 rings (SSSR count). The van der Waals surface area contributed by atoms with Crippen molar-refractivity contribution in [3.05, 3.63) is 24.3 Å². The summed E-state index contributed by atoms with van der Waals surface area (Å²) in [6.07, 6.45) is 1.59. The molecule has 0 saturated carbocycles. The first kappa shape index (κ1) is 17.1. The smallest absolute Gasteiger partial charge is 0.308 e. The number of carbonyl (C=O) groups is 2. The number of rotatable bonds is 6. The summed E-state index contributed by atoms with van der Waals surface area (Å²) >= 11 is 0. The minimum Gasteiger partial charge on any atom is -0.497 e. The molecule has 0 radical (unpaired) electrons. The lowest BCUT2D eigenvalue weighted by Gasteiger charge is -2.37. The molecule has 0 aliphatic carbocycles. The van der Waals surface area contributed by atoms with Crippen LogP contribution in [0.5, 0.6) is 11.5 Å². The highest BCUT2D eigenvalue weighted by Crippen LogP contribution is 2.24. The van der Waals surface area contributed by atoms with Crippen LogP contribution in [-0.4, -0.2) is 48.2 Å². The molecule has 1 aromatic carbocycles. The molecule has 0 spiro atoms. The van der Waals surface area contributed by atoms with Crippen molar-refractivity contribution in [3.8, 4) is 11.5 Å². The number of aliphatic carboxylic acids is 1. The van der Waals surface area contributed by atoms with Crippen LogP contribution in [0.25, 0.3) is 0 Å². The number of piperidine rings is 1. The quantitative estimate of drug-likeness (QED) is 0.869. The second kappa shape index (κ2) is 7.85. The fourth-order valence-corrected chi connectivity index (χ4v) is 2.90. The van der Waals surface area contributed by atoms with E-state index in [-0.39, 0.29) is 25.0 Å². The van der Waals surface area contributed by atoms with E-state index in [1.54, 1.807) is 43.2 Å². The van der Waals surface area contributed by atoms with Gasteiger partial charge in [0, 0.05) is 12.6 Å². The van der Waals surface area contributed by atoms with Gasteiger partial charge in [-0.1, -0.05) is 0 Å². The zero-order valence-corrected chi connectivity index (χ0v) is 13.5. The molecule has 0 bridgehead atoms. The van der Waals surface area contributed by atoms with Gasteiger partial charge in [0.2, 0.25) is 5.91 Å². The predicted molar refractivity (Wildman–Crippen MR) is 84.6 cm³/mol. The fourth-order valence-electron chi connectivity index (χ4n) is 2.90. The third kappa shape index (κ3) is 4.37. The third-order valence-corrected chi connectivity index (χ3v) is 4.27. The Kier molecular flexibility index (Phi) is 5.84. The molecule has 2 atom stereocenters. The Balaban J connectivity index is 1.82. The second-order valence-corrected chi connectivity index (χ2v) is 5.69. The summed E-state index contributed by atoms with van der Waals surface area (Å²) in [5, 5.41) is 9.20. The Morgan fingerprint density at radius 3 is 2.52 bits per heavy atom. The van der Waals surface area contributed by atoms with Crippen LogP contribution in [0.2, 0.25) is 0 Å². The largest absolute Gasteiger partial charge is 0.497 e. The van der Waals surface area contributed by atoms with E-state index < -0.39 is 11.9 Å². The molecule has 1 aliphatic heterocycles. The van der Waals surface area contributed by atoms with Crippen LogP contribution < -0.4 is 9.47 Å². The van der Waals surface area contributed by atoms with Crippen molar-refractivity contribution in [2.24, 2.45) is 5.92 Å². The van der Waals surface area contributed by atoms with Crippen LogP contribution in [0.1, 0.15) is 26.2 Å². The van der Waals surface area contributed by atoms with Crippen LogP contribution >= 0.6 is 0 Å². The Bertz CT molecular complexity index is 542. The van der Waals surface area contributed by atoms with E-state index in [0.29, 0.717) is 18.7 Å². The monoisotopic (exact) mass is 321 g/mol. The van der Waals surface area contributed by atoms with E-state index in [1.165, 1.54) is 0 Å². The number of carbonyl (C=O) groups excluding carboxylic acids is 1. The molecule has 1 aromatic rings. The summed E-state index contributed by atoms with van der Waals surface area (Å²) in [6, 6.07) is 6.89. The molecular weight excluding hydrogens is 298 g/mol. The van der Waals surface area contributed by atoms with Gasteiger partial charge in [-0.3, -0.25) is 9.59 Å². The Morgan fingerprint density at radius 1 is 1.26 bits per heavy atom. The van der Waals surface area contributed by atoms with Gasteiger partial charge in [-0.2, -0.15) is 0 Å². The van der Waals surface area contributed by atoms with Gasteiger partial charge in [-0.15, -0.1) is 0 Å². The zero-order chi connectivity index (χ0) is 16.8. The molecule has 6 heteroatoms. The van der Waals surface area contributed by atoms with Crippen molar-refractivity contribution >= 4 is 11.9 Å². The maximum atomic E-state index is 12.3. The molecule has 1 saturated heterocycles. The Labute approximate surface area is 136 Å². The first-order chi connectivity index (χ1) is 11.0. The van der Waals surface area contributed by atoms with Crippen molar-refractivity contribution in [3.63, 3.8) is 0 Å². The van der Waals surface area contributed by atoms with Gasteiger partial charge in [0.1, 0.15) is 11.5 Å². The molecule has 1 aliphatic rings. The number of amides is 1. The highest BCUT2D eigenvalue weighted by molar-refractivity contribution is 5.78. The third-order valence-electron chi connectivity index (χ3n) is 4.27. The van der Waals surface area contributed by atoms with Gasteiger partial charge in [0.25, 0.3) is 0 Å². The first-order valence-electron chi connectivity index (χ1n) is 7.82. The predicted octanol–water partition coefficient (Wildman–Crippen LogP) is 2.18. The van der Waals surface area contributed by atoms with Gasteiger partial charge in [-0.25, -0.2) is 0 Å². The van der Waals surface area contributed by atoms with Gasteiger partial charge in [0.05, 0.1) is 26.1 Å². The lowest BCUT2D eigenvalue weighted by molar-refractivity contribution is -0.149. The zero-order valence-electron chi connectivity index (χ0n) is 13.5. The van der Waals surface area contributed by atoms with Crippen molar-refractivity contribution < 1.29 is 24.2 Å². The number of ether oxygens (including phenoxy) is 2. The van der Waals surface area contributed by atoms with Gasteiger partial charge in [0.15, 0.2) is 0 Å². The van der Waals surface area contributed by atoms with Crippen LogP contribution in [0.3, 0.4) is 0 Å². The van der Waals surface area contributed by atoms with Crippen molar-refractivity contribution in [1.82, 2.24) is 4.90 Å². The summed E-state index contributed by atoms with van der Waals surface area (Å²) in [5.74, 6) is 0.0561. The fraction of sp³-hybridized carbons (Fsp3) is 0.529. The lowest BCUT2D eigenvalue weighted by Crippen LogP contribution is -2.49. The number of nitrogens with zero attached hydrogens (tertiary/aromatic N) is 1. The first-order valence-corrected chi connectivity index (χ1v) is 7.82. The number of methoxy groups -OCH3 is 1. The summed E-state index contributed by atoms with van der Waals surface area (Å²) in [7, 11) is 1.60. The molecular formula is C17H23NO5. The Hall–Kier alpha value is -2.24. The number of benzene rings is 1. The van der Waals surface area contributed by atoms with Gasteiger partial charge < -0.3 is 19.5 Å². The van der Waals surface area contributed by atoms with Gasteiger partial charge >= 0.3 is 5.97 Å². The minimum absolute atomic E-state index is 0.0584. The van der Waals surface area contributed by atoms with Crippen molar-refractivity contribution in [2.75, 3.05) is 20.3 Å². The van der Waals surface area contributed by atoms with Crippen LogP contribution in [0.15, 0.2) is 24.3 Å². The highest BCUT2D eigenvalue weighted by Gasteiger charge is 2.34. The molecule has 1 N–H and O–H groups in total. The number of carboxylic acids is 1. The highest BCUT2D eigenvalue weighted by atomic mass is 16.5. The van der Waals surface area contributed by atoms with Crippen LogP contribution in [-0.2, 0) is 9.59 Å². The van der Waals surface area contributed by atoms with Crippen molar-refractivity contribution in [2.45, 2.75) is 32.2 Å². The van der Waals surface area contributed by atoms with E-state index >= 15 is 0 Å². The second-order valence-electron chi connectivity index (χ2n) is 5.69. The SMILES string of the molecule is COc1ccc(OCCC(=O)N2CCC[C@H](C(=O)O)[C@@H]2C)cc1. The number of carboxylic acid groups (broad SMARTS) is 1. The van der Waals surface area contributed by atoms with E-state index in [4.69, 9.17) is 9.47 Å². The summed E-state index contributed by atoms with van der Waals surface area (Å²) in [5.41, 5.74) is 0. The summed E-state index contributed by atoms with van der Waals surface area (Å²) in [4.78, 5) is 25.2. The normalized spacial score (nSPS) is 20.9. The molecule has 1 amide bonds. The molecule has 23 heavy (non-hydrogen) atoms. The molecule has 1 heterocycles. The van der Waals surface area contributed by atoms with Crippen LogP contribution in [0.4, 0.5) is 0 Å². The number of hydrogen-bond acceptors (Lipinski definition) is 4. The van der Waals surface area contributed by atoms with E-state index in [9.17, 15) is 14.7 Å². The minimum atomic E-state index is -0.829. The Morgan fingerprint density at radius 2 is 1.91 bits per heavy atom. The average molecular weight is 321 g/mol. The summed E-state index contributed by atoms with van der Waals surface area (Å²) in [6.45, 7) is 2.69.